The van der Waals surface area contributed by atoms with Crippen LogP contribution in [0.3, 0.4) is 0 Å². The zero-order valence-corrected chi connectivity index (χ0v) is 23.4. The quantitative estimate of drug-likeness (QED) is 0.221. The smallest absolute Gasteiger partial charge is 0.308 e. The summed E-state index contributed by atoms with van der Waals surface area (Å²) in [6.45, 7) is 1.04. The van der Waals surface area contributed by atoms with Crippen LogP contribution in [-0.4, -0.2) is 51.5 Å². The van der Waals surface area contributed by atoms with Gasteiger partial charge in [0.25, 0.3) is 5.91 Å². The van der Waals surface area contributed by atoms with E-state index in [2.05, 4.69) is 0 Å². The average molecular weight is 606 g/mol. The van der Waals surface area contributed by atoms with Gasteiger partial charge in [-0.05, 0) is 72.6 Å². The number of rotatable bonds is 9. The fourth-order valence-electron chi connectivity index (χ4n) is 4.21. The van der Waals surface area contributed by atoms with Gasteiger partial charge in [-0.15, -0.1) is 0 Å². The SMILES string of the molecule is CC(=O)Oc1ccc(N2C(=O)CC(N(CCc3ccc(S(N)(=O)=O)cc3)S(=O)(=O)c3ccc(Cl)cc3)C2=O)cc1. The minimum absolute atomic E-state index is 0.103. The molecule has 1 aliphatic rings. The molecule has 1 saturated heterocycles. The predicted molar refractivity (Wildman–Crippen MR) is 146 cm³/mol. The molecule has 3 aromatic carbocycles. The third-order valence-electron chi connectivity index (χ3n) is 6.12. The second kappa shape index (κ2) is 11.5. The van der Waals surface area contributed by atoms with E-state index in [0.717, 1.165) is 9.21 Å². The maximum atomic E-state index is 13.7. The molecule has 0 aliphatic carbocycles. The molecular weight excluding hydrogens is 582 g/mol. The molecule has 1 unspecified atom stereocenters. The minimum atomic E-state index is -4.28. The molecule has 0 bridgehead atoms. The third-order valence-corrected chi connectivity index (χ3v) is 9.22. The summed E-state index contributed by atoms with van der Waals surface area (Å²) in [6, 6.07) is 15.3. The van der Waals surface area contributed by atoms with Gasteiger partial charge in [0.1, 0.15) is 11.8 Å². The number of hydrogen-bond donors (Lipinski definition) is 1. The standard InChI is InChI=1S/C26H24ClN3O8S2/c1-17(31)38-21-8-6-20(7-9-21)30-25(32)16-24(26(30)33)29(40(36,37)23-12-4-19(27)5-13-23)15-14-18-2-10-22(11-3-18)39(28,34)35/h2-13,24H,14-16H2,1H3,(H2,28,34,35). The molecule has 210 valence electrons. The van der Waals surface area contributed by atoms with Crippen LogP contribution in [0.1, 0.15) is 18.9 Å². The van der Waals surface area contributed by atoms with Crippen LogP contribution in [-0.2, 0) is 40.9 Å². The molecule has 14 heteroatoms. The highest BCUT2D eigenvalue weighted by atomic mass is 35.5. The first-order valence-corrected chi connectivity index (χ1v) is 15.2. The first kappa shape index (κ1) is 29.4. The number of ether oxygens (including phenoxy) is 1. The van der Waals surface area contributed by atoms with Crippen molar-refractivity contribution in [1.82, 2.24) is 4.31 Å². The van der Waals surface area contributed by atoms with Crippen molar-refractivity contribution in [2.24, 2.45) is 5.14 Å². The summed E-state index contributed by atoms with van der Waals surface area (Å²) < 4.78 is 56.5. The number of primary sulfonamides is 1. The maximum Gasteiger partial charge on any atom is 0.308 e. The fraction of sp³-hybridized carbons (Fsp3) is 0.192. The summed E-state index contributed by atoms with van der Waals surface area (Å²) in [7, 11) is -8.19. The molecule has 2 amide bonds. The molecule has 0 saturated carbocycles. The van der Waals surface area contributed by atoms with Crippen LogP contribution in [0.4, 0.5) is 5.69 Å². The van der Waals surface area contributed by atoms with Crippen LogP contribution in [0.25, 0.3) is 0 Å². The van der Waals surface area contributed by atoms with E-state index >= 15 is 0 Å². The monoisotopic (exact) mass is 605 g/mol. The van der Waals surface area contributed by atoms with Crippen molar-refractivity contribution >= 4 is 55.1 Å². The molecule has 1 fully saturated rings. The molecule has 1 aliphatic heterocycles. The Morgan fingerprint density at radius 3 is 2.08 bits per heavy atom. The van der Waals surface area contributed by atoms with E-state index in [1.807, 2.05) is 0 Å². The van der Waals surface area contributed by atoms with Crippen LogP contribution in [0.15, 0.2) is 82.6 Å². The molecule has 1 atom stereocenters. The topological polar surface area (TPSA) is 161 Å². The van der Waals surface area contributed by atoms with E-state index in [-0.39, 0.29) is 34.2 Å². The number of sulfonamides is 2. The fourth-order valence-corrected chi connectivity index (χ4v) is 6.44. The van der Waals surface area contributed by atoms with Gasteiger partial charge in [0.2, 0.25) is 26.0 Å². The normalized spacial score (nSPS) is 16.0. The number of halogens is 1. The highest BCUT2D eigenvalue weighted by Gasteiger charge is 2.46. The second-order valence-corrected chi connectivity index (χ2v) is 12.8. The van der Waals surface area contributed by atoms with Gasteiger partial charge in [0.15, 0.2) is 0 Å². The van der Waals surface area contributed by atoms with Crippen LogP contribution < -0.4 is 14.8 Å². The predicted octanol–water partition coefficient (Wildman–Crippen LogP) is 2.48. The number of esters is 1. The Bertz CT molecular complexity index is 1660. The summed E-state index contributed by atoms with van der Waals surface area (Å²) in [6.07, 6.45) is -0.297. The van der Waals surface area contributed by atoms with E-state index in [1.54, 1.807) is 0 Å². The van der Waals surface area contributed by atoms with Gasteiger partial charge < -0.3 is 4.74 Å². The van der Waals surface area contributed by atoms with Crippen LogP contribution >= 0.6 is 11.6 Å². The first-order valence-electron chi connectivity index (χ1n) is 11.8. The first-order chi connectivity index (χ1) is 18.8. The van der Waals surface area contributed by atoms with Gasteiger partial charge in [0, 0.05) is 18.5 Å². The number of carbonyl (C=O) groups is 3. The van der Waals surface area contributed by atoms with Crippen LogP contribution in [0, 0.1) is 0 Å². The molecule has 11 nitrogen and oxygen atoms in total. The summed E-state index contributed by atoms with van der Waals surface area (Å²) in [5.41, 5.74) is 0.772. The molecular formula is C26H24ClN3O8S2. The lowest BCUT2D eigenvalue weighted by molar-refractivity contribution is -0.132. The highest BCUT2D eigenvalue weighted by Crippen LogP contribution is 2.31. The largest absolute Gasteiger partial charge is 0.427 e. The van der Waals surface area contributed by atoms with Gasteiger partial charge in [-0.2, -0.15) is 4.31 Å². The third kappa shape index (κ3) is 6.40. The molecule has 0 spiro atoms. The van der Waals surface area contributed by atoms with Crippen LogP contribution in [0.5, 0.6) is 5.75 Å². The Kier molecular flexibility index (Phi) is 8.42. The summed E-state index contributed by atoms with van der Waals surface area (Å²) in [5.74, 6) is -1.67. The van der Waals surface area contributed by atoms with Crippen molar-refractivity contribution in [2.45, 2.75) is 35.6 Å². The molecule has 0 aromatic heterocycles. The van der Waals surface area contributed by atoms with E-state index < -0.39 is 50.3 Å². The van der Waals surface area contributed by atoms with Crippen molar-refractivity contribution in [3.8, 4) is 5.75 Å². The van der Waals surface area contributed by atoms with Crippen molar-refractivity contribution in [3.63, 3.8) is 0 Å². The lowest BCUT2D eigenvalue weighted by Crippen LogP contribution is -2.46. The van der Waals surface area contributed by atoms with Crippen molar-refractivity contribution in [3.05, 3.63) is 83.4 Å². The minimum Gasteiger partial charge on any atom is -0.427 e. The number of imide groups is 1. The number of amides is 2. The molecule has 2 N–H and O–H groups in total. The average Bonchev–Trinajstić information content (AvgIpc) is 3.17. The summed E-state index contributed by atoms with van der Waals surface area (Å²) in [5, 5.41) is 5.46. The van der Waals surface area contributed by atoms with E-state index in [9.17, 15) is 31.2 Å². The van der Waals surface area contributed by atoms with Gasteiger partial charge in [0.05, 0.1) is 21.9 Å². The Morgan fingerprint density at radius 1 is 0.950 bits per heavy atom. The Morgan fingerprint density at radius 2 is 1.52 bits per heavy atom. The van der Waals surface area contributed by atoms with Gasteiger partial charge in [-0.25, -0.2) is 26.9 Å². The van der Waals surface area contributed by atoms with Crippen molar-refractivity contribution in [1.29, 1.82) is 0 Å². The van der Waals surface area contributed by atoms with E-state index in [1.165, 1.54) is 79.7 Å². The number of nitrogens with zero attached hydrogens (tertiary/aromatic N) is 2. The number of anilines is 1. The van der Waals surface area contributed by atoms with Gasteiger partial charge in [-0.1, -0.05) is 23.7 Å². The molecule has 40 heavy (non-hydrogen) atoms. The number of hydrogen-bond acceptors (Lipinski definition) is 8. The summed E-state index contributed by atoms with van der Waals surface area (Å²) in [4.78, 5) is 38.4. The Hall–Kier alpha value is -3.62. The van der Waals surface area contributed by atoms with Crippen molar-refractivity contribution < 1.29 is 36.0 Å². The lowest BCUT2D eigenvalue weighted by Gasteiger charge is -2.27. The van der Waals surface area contributed by atoms with E-state index in [0.29, 0.717) is 10.6 Å². The van der Waals surface area contributed by atoms with E-state index in [4.69, 9.17) is 21.5 Å². The molecule has 0 radical (unpaired) electrons. The second-order valence-electron chi connectivity index (χ2n) is 8.88. The molecule has 1 heterocycles. The van der Waals surface area contributed by atoms with Crippen LogP contribution in [0.2, 0.25) is 5.02 Å². The Balaban J connectivity index is 1.65. The Labute approximate surface area is 236 Å². The number of benzene rings is 3. The zero-order valence-electron chi connectivity index (χ0n) is 21.1. The van der Waals surface area contributed by atoms with Crippen molar-refractivity contribution in [2.75, 3.05) is 11.4 Å². The summed E-state index contributed by atoms with van der Waals surface area (Å²) >= 11 is 5.93. The number of nitrogens with two attached hydrogens (primary N) is 1. The zero-order chi connectivity index (χ0) is 29.2. The molecule has 3 aromatic rings. The highest BCUT2D eigenvalue weighted by molar-refractivity contribution is 7.89. The van der Waals surface area contributed by atoms with Gasteiger partial charge in [-0.3, -0.25) is 14.4 Å². The lowest BCUT2D eigenvalue weighted by atomic mass is 10.1. The number of carbonyl (C=O) groups excluding carboxylic acids is 3. The molecule has 4 rings (SSSR count). The van der Waals surface area contributed by atoms with Gasteiger partial charge >= 0.3 is 5.97 Å². The maximum absolute atomic E-state index is 13.7.